The van der Waals surface area contributed by atoms with E-state index in [1.807, 2.05) is 32.0 Å². The summed E-state index contributed by atoms with van der Waals surface area (Å²) in [5.74, 6) is -0.343. The van der Waals surface area contributed by atoms with Crippen LogP contribution in [-0.2, 0) is 16.0 Å². The van der Waals surface area contributed by atoms with Crippen LogP contribution in [-0.4, -0.2) is 18.0 Å². The summed E-state index contributed by atoms with van der Waals surface area (Å²) in [7, 11) is 0. The molecular formula is C13H17ClO2. The van der Waals surface area contributed by atoms with E-state index in [1.54, 1.807) is 6.92 Å². The molecule has 0 spiro atoms. The largest absolute Gasteiger partial charge is 0.465 e. The minimum absolute atomic E-state index is 0.343. The summed E-state index contributed by atoms with van der Waals surface area (Å²) >= 11 is 5.99. The first kappa shape index (κ1) is 13.0. The van der Waals surface area contributed by atoms with Gasteiger partial charge in [-0.25, -0.2) is 0 Å². The maximum absolute atomic E-state index is 11.4. The standard InChI is InChI=1S/C13H17ClO2/c1-4-16-13(15)12(14)8-11-7-5-6-9(2)10(11)3/h5-7,12H,4,8H2,1-3H3. The number of aryl methyl sites for hydroxylation is 1. The molecule has 88 valence electrons. The van der Waals surface area contributed by atoms with Gasteiger partial charge in [0, 0.05) is 0 Å². The number of halogens is 1. The average Bonchev–Trinajstić information content (AvgIpc) is 2.25. The highest BCUT2D eigenvalue weighted by Gasteiger charge is 2.18. The van der Waals surface area contributed by atoms with E-state index in [1.165, 1.54) is 11.1 Å². The second kappa shape index (κ2) is 5.90. The summed E-state index contributed by atoms with van der Waals surface area (Å²) in [4.78, 5) is 11.4. The molecule has 0 aliphatic carbocycles. The van der Waals surface area contributed by atoms with Crippen molar-refractivity contribution in [2.24, 2.45) is 0 Å². The SMILES string of the molecule is CCOC(=O)C(Cl)Cc1cccc(C)c1C. The minimum Gasteiger partial charge on any atom is -0.465 e. The van der Waals surface area contributed by atoms with E-state index in [4.69, 9.17) is 16.3 Å². The molecule has 3 heteroatoms. The Kier molecular flexibility index (Phi) is 4.81. The van der Waals surface area contributed by atoms with Gasteiger partial charge in [0.1, 0.15) is 5.38 Å². The van der Waals surface area contributed by atoms with Crippen molar-refractivity contribution < 1.29 is 9.53 Å². The molecule has 0 bridgehead atoms. The molecule has 0 aliphatic rings. The molecule has 0 aliphatic heterocycles. The quantitative estimate of drug-likeness (QED) is 0.597. The molecule has 0 saturated carbocycles. The second-order valence-corrected chi connectivity index (χ2v) is 4.31. The van der Waals surface area contributed by atoms with E-state index < -0.39 is 5.38 Å². The molecule has 1 aromatic rings. The first-order valence-electron chi connectivity index (χ1n) is 5.42. The Morgan fingerprint density at radius 1 is 1.44 bits per heavy atom. The molecule has 1 atom stereocenters. The maximum atomic E-state index is 11.4. The van der Waals surface area contributed by atoms with Crippen LogP contribution in [0.15, 0.2) is 18.2 Å². The van der Waals surface area contributed by atoms with Gasteiger partial charge in [-0.3, -0.25) is 4.79 Å². The van der Waals surface area contributed by atoms with Gasteiger partial charge in [-0.2, -0.15) is 0 Å². The number of alkyl halides is 1. The number of carbonyl (C=O) groups excluding carboxylic acids is 1. The molecule has 1 unspecified atom stereocenters. The molecule has 1 aromatic carbocycles. The Labute approximate surface area is 102 Å². The van der Waals surface area contributed by atoms with E-state index in [2.05, 4.69) is 0 Å². The zero-order valence-electron chi connectivity index (χ0n) is 9.92. The summed E-state index contributed by atoms with van der Waals surface area (Å²) < 4.78 is 4.88. The van der Waals surface area contributed by atoms with Crippen LogP contribution in [0.3, 0.4) is 0 Å². The summed E-state index contributed by atoms with van der Waals surface area (Å²) in [5, 5.41) is -0.597. The van der Waals surface area contributed by atoms with Crippen LogP contribution in [0.2, 0.25) is 0 Å². The predicted molar refractivity (Wildman–Crippen MR) is 65.9 cm³/mol. The van der Waals surface area contributed by atoms with E-state index in [0.29, 0.717) is 13.0 Å². The molecule has 1 rings (SSSR count). The van der Waals surface area contributed by atoms with Gasteiger partial charge in [-0.1, -0.05) is 18.2 Å². The number of benzene rings is 1. The lowest BCUT2D eigenvalue weighted by atomic mass is 10.00. The van der Waals surface area contributed by atoms with Crippen LogP contribution in [0.5, 0.6) is 0 Å². The summed E-state index contributed by atoms with van der Waals surface area (Å²) in [6, 6.07) is 6.02. The average molecular weight is 241 g/mol. The van der Waals surface area contributed by atoms with E-state index >= 15 is 0 Å². The number of esters is 1. The number of hydrogen-bond acceptors (Lipinski definition) is 2. The zero-order valence-corrected chi connectivity index (χ0v) is 10.7. The summed E-state index contributed by atoms with van der Waals surface area (Å²) in [5.41, 5.74) is 3.51. The lowest BCUT2D eigenvalue weighted by molar-refractivity contribution is -0.142. The molecule has 0 saturated heterocycles. The molecule has 2 nitrogen and oxygen atoms in total. The molecule has 0 fully saturated rings. The van der Waals surface area contributed by atoms with Gasteiger partial charge in [0.15, 0.2) is 0 Å². The fourth-order valence-corrected chi connectivity index (χ4v) is 1.77. The number of hydrogen-bond donors (Lipinski definition) is 0. The third kappa shape index (κ3) is 3.24. The smallest absolute Gasteiger partial charge is 0.324 e. The third-order valence-electron chi connectivity index (χ3n) is 2.66. The predicted octanol–water partition coefficient (Wildman–Crippen LogP) is 3.02. The Balaban J connectivity index is 2.73. The number of rotatable bonds is 4. The molecule has 0 radical (unpaired) electrons. The van der Waals surface area contributed by atoms with Crippen LogP contribution >= 0.6 is 11.6 Å². The lowest BCUT2D eigenvalue weighted by Gasteiger charge is -2.12. The van der Waals surface area contributed by atoms with E-state index in [9.17, 15) is 4.79 Å². The Hall–Kier alpha value is -1.02. The van der Waals surface area contributed by atoms with Gasteiger partial charge in [-0.05, 0) is 43.9 Å². The molecular weight excluding hydrogens is 224 g/mol. The van der Waals surface area contributed by atoms with E-state index in [0.717, 1.165) is 5.56 Å². The number of carbonyl (C=O) groups is 1. The Morgan fingerprint density at radius 3 is 2.75 bits per heavy atom. The van der Waals surface area contributed by atoms with Crippen LogP contribution < -0.4 is 0 Å². The van der Waals surface area contributed by atoms with Crippen molar-refractivity contribution in [2.75, 3.05) is 6.61 Å². The number of ether oxygens (including phenoxy) is 1. The van der Waals surface area contributed by atoms with Gasteiger partial charge in [0.25, 0.3) is 0 Å². The monoisotopic (exact) mass is 240 g/mol. The lowest BCUT2D eigenvalue weighted by Crippen LogP contribution is -2.20. The van der Waals surface area contributed by atoms with Crippen molar-refractivity contribution in [3.8, 4) is 0 Å². The van der Waals surface area contributed by atoms with Crippen molar-refractivity contribution in [2.45, 2.75) is 32.6 Å². The van der Waals surface area contributed by atoms with Crippen molar-refractivity contribution in [1.29, 1.82) is 0 Å². The Morgan fingerprint density at radius 2 is 2.12 bits per heavy atom. The first-order valence-corrected chi connectivity index (χ1v) is 5.85. The molecule has 0 aromatic heterocycles. The van der Waals surface area contributed by atoms with Crippen LogP contribution in [0.1, 0.15) is 23.6 Å². The van der Waals surface area contributed by atoms with Gasteiger partial charge in [0.05, 0.1) is 6.61 Å². The highest BCUT2D eigenvalue weighted by molar-refractivity contribution is 6.30. The third-order valence-corrected chi connectivity index (χ3v) is 2.99. The molecule has 0 amide bonds. The van der Waals surface area contributed by atoms with Crippen molar-refractivity contribution in [1.82, 2.24) is 0 Å². The van der Waals surface area contributed by atoms with Crippen molar-refractivity contribution in [3.05, 3.63) is 34.9 Å². The summed E-state index contributed by atoms with van der Waals surface area (Å²) in [6.07, 6.45) is 0.522. The minimum atomic E-state index is -0.597. The molecule has 0 heterocycles. The van der Waals surface area contributed by atoms with Gasteiger partial charge in [0.2, 0.25) is 0 Å². The van der Waals surface area contributed by atoms with E-state index in [-0.39, 0.29) is 5.97 Å². The fourth-order valence-electron chi connectivity index (χ4n) is 1.54. The normalized spacial score (nSPS) is 12.2. The maximum Gasteiger partial charge on any atom is 0.324 e. The fraction of sp³-hybridized carbons (Fsp3) is 0.462. The highest BCUT2D eigenvalue weighted by Crippen LogP contribution is 2.17. The van der Waals surface area contributed by atoms with Crippen LogP contribution in [0.4, 0.5) is 0 Å². The van der Waals surface area contributed by atoms with Crippen LogP contribution in [0.25, 0.3) is 0 Å². The first-order chi connectivity index (χ1) is 7.56. The summed E-state index contributed by atoms with van der Waals surface area (Å²) in [6.45, 7) is 6.24. The Bertz CT molecular complexity index is 374. The van der Waals surface area contributed by atoms with Crippen molar-refractivity contribution >= 4 is 17.6 Å². The molecule has 16 heavy (non-hydrogen) atoms. The van der Waals surface area contributed by atoms with Crippen LogP contribution in [0, 0.1) is 13.8 Å². The van der Waals surface area contributed by atoms with Gasteiger partial charge >= 0.3 is 5.97 Å². The molecule has 0 N–H and O–H groups in total. The topological polar surface area (TPSA) is 26.3 Å². The zero-order chi connectivity index (χ0) is 12.1. The second-order valence-electron chi connectivity index (χ2n) is 3.78. The van der Waals surface area contributed by atoms with Gasteiger partial charge in [-0.15, -0.1) is 11.6 Å². The highest BCUT2D eigenvalue weighted by atomic mass is 35.5. The van der Waals surface area contributed by atoms with Gasteiger partial charge < -0.3 is 4.74 Å². The van der Waals surface area contributed by atoms with Crippen molar-refractivity contribution in [3.63, 3.8) is 0 Å².